The highest BCUT2D eigenvalue weighted by Crippen LogP contribution is 2.60. The van der Waals surface area contributed by atoms with Crippen LogP contribution < -0.4 is 14.7 Å². The van der Waals surface area contributed by atoms with Gasteiger partial charge >= 0.3 is 24.7 Å². The predicted octanol–water partition coefficient (Wildman–Crippen LogP) is 20.3. The summed E-state index contributed by atoms with van der Waals surface area (Å²) in [4.78, 5) is 114. The highest BCUT2D eigenvalue weighted by molar-refractivity contribution is 6.84. The first-order chi connectivity index (χ1) is 54.5. The van der Waals surface area contributed by atoms with E-state index in [-0.39, 0.29) is 40.1 Å². The second kappa shape index (κ2) is 26.8. The minimum Gasteiger partial charge on any atom is -0.277 e. The number of carbonyl (C=O) groups is 8. The number of fused-ring (bicyclic) bond motifs is 7. The van der Waals surface area contributed by atoms with Gasteiger partial charge in [0.05, 0.1) is 72.5 Å². The van der Waals surface area contributed by atoms with Crippen LogP contribution in [-0.2, 0) is 22.4 Å². The second-order valence-electron chi connectivity index (χ2n) is 32.2. The number of hydrogen-bond donors (Lipinski definition) is 0. The molecule has 26 heteroatoms. The molecule has 10 aromatic rings. The number of rotatable bonds is 10. The molecule has 0 N–H and O–H groups in total. The van der Waals surface area contributed by atoms with Crippen LogP contribution in [0.25, 0.3) is 22.3 Å². The van der Waals surface area contributed by atoms with Gasteiger partial charge in [0.2, 0.25) is 5.41 Å². The van der Waals surface area contributed by atoms with Gasteiger partial charge in [-0.15, -0.1) is 11.1 Å². The smallest absolute Gasteiger partial charge is 0.277 e. The molecule has 0 aromatic heterocycles. The standard InChI is InChI=1S/C91H66F12N4O8Si2/c1-47-13-16-55(37-48(47)2)86(73-40-51(33-35-116(7,8)9)14-24-63(73)64-25-15-52(41-74(64)86)34-36-117(10,11)12)56-21-32-76(50(4)38-56)107-81(112)68-27-18-54(43-71(68)84(107)115)85(5,89(95,96)97)53-17-26-66-70(42-53)82(113)106(80(66)111)60-23-31-62(75(46-60)88(92,93)94)61-30-22-59(39-49(61)3)105-79(110)67-29-20-58(45-72(67)83(105)114)87(90(98,99)100,91(101,102)103)57-19-28-65-69(44-57)78(109)104(6)77(65)108/h13-32,37-46H,1-12H3. The van der Waals surface area contributed by atoms with Gasteiger partial charge in [-0.05, 0) is 227 Å². The number of nitrogens with zero attached hydrogens (tertiary/aromatic N) is 4. The molecular weight excluding hydrogens is 1560 g/mol. The molecule has 1 unspecified atom stereocenters. The minimum absolute atomic E-state index is 0.110. The van der Waals surface area contributed by atoms with Gasteiger partial charge in [-0.3, -0.25) is 43.3 Å². The van der Waals surface area contributed by atoms with Crippen molar-refractivity contribution in [3.8, 4) is 45.2 Å². The van der Waals surface area contributed by atoms with E-state index in [0.29, 0.717) is 50.6 Å². The topological polar surface area (TPSA) is 150 Å². The maximum atomic E-state index is 16.2. The molecule has 1 aliphatic carbocycles. The number of aryl methyl sites for hydroxylation is 4. The molecular formula is C91H66F12N4O8Si2. The molecule has 4 heterocycles. The quantitative estimate of drug-likeness (QED) is 0.0568. The summed E-state index contributed by atoms with van der Waals surface area (Å²) in [5, 5.41) is 0. The lowest BCUT2D eigenvalue weighted by Gasteiger charge is -2.38. The maximum Gasteiger partial charge on any atom is 0.417 e. The van der Waals surface area contributed by atoms with Gasteiger partial charge < -0.3 is 0 Å². The third-order valence-corrected chi connectivity index (χ3v) is 24.4. The van der Waals surface area contributed by atoms with Crippen molar-refractivity contribution in [2.75, 3.05) is 21.7 Å². The molecule has 4 aliphatic heterocycles. The van der Waals surface area contributed by atoms with Crippen LogP contribution >= 0.6 is 0 Å². The fourth-order valence-corrected chi connectivity index (χ4v) is 17.5. The van der Waals surface area contributed by atoms with E-state index in [1.54, 1.807) is 13.0 Å². The first kappa shape index (κ1) is 79.7. The lowest BCUT2D eigenvalue weighted by atomic mass is 9.66. The van der Waals surface area contributed by atoms with E-state index in [4.69, 9.17) is 0 Å². The largest absolute Gasteiger partial charge is 0.417 e. The van der Waals surface area contributed by atoms with Crippen LogP contribution in [0.15, 0.2) is 182 Å². The number of benzene rings is 10. The molecule has 590 valence electrons. The Morgan fingerprint density at radius 2 is 0.692 bits per heavy atom. The summed E-state index contributed by atoms with van der Waals surface area (Å²) in [6, 6.07) is 37.6. The van der Waals surface area contributed by atoms with Crippen LogP contribution in [0.1, 0.15) is 173 Å². The first-order valence-electron chi connectivity index (χ1n) is 36.7. The van der Waals surface area contributed by atoms with Gasteiger partial charge in [0.25, 0.3) is 47.3 Å². The number of alkyl halides is 12. The molecule has 0 saturated heterocycles. The zero-order chi connectivity index (χ0) is 84.8. The van der Waals surface area contributed by atoms with Crippen molar-refractivity contribution >= 4 is 80.5 Å². The summed E-state index contributed by atoms with van der Waals surface area (Å²) in [5.74, 6) is -2.29. The van der Waals surface area contributed by atoms with E-state index in [1.807, 2.05) is 38.1 Å². The van der Waals surface area contributed by atoms with E-state index < -0.39 is 182 Å². The Morgan fingerprint density at radius 1 is 0.325 bits per heavy atom. The third-order valence-electron chi connectivity index (χ3n) is 22.6. The summed E-state index contributed by atoms with van der Waals surface area (Å²) in [6.07, 6.45) is -23.1. The molecule has 15 rings (SSSR count). The zero-order valence-electron chi connectivity index (χ0n) is 64.4. The van der Waals surface area contributed by atoms with Crippen molar-refractivity contribution in [2.45, 2.75) is 115 Å². The van der Waals surface area contributed by atoms with Crippen LogP contribution in [0.5, 0.6) is 0 Å². The molecule has 12 nitrogen and oxygen atoms in total. The van der Waals surface area contributed by atoms with Gasteiger partial charge in [0, 0.05) is 18.2 Å². The van der Waals surface area contributed by atoms with Crippen LogP contribution in [0, 0.1) is 50.6 Å². The SMILES string of the molecule is Cc1ccc(C2(c3ccc(N4C(=O)c5ccc(C(C)(c6ccc7c(c6)C(=O)N(c6ccc(-c8ccc(N9C(=O)c%10ccc(C(c%11ccc%12c(c%11)C(=O)N(C)C%12=O)(C(F)(F)F)C(F)(F)F)cc%10C9=O)cc8C)c(C(F)(F)F)c6)C7=O)C(F)(F)F)cc5C4=O)c(C)c3)c3cc(C#C[Si](C)(C)C)ccc3-c3ccc(C#C[Si](C)(C)C)cc32)cc1C. The molecule has 1 atom stereocenters. The Morgan fingerprint density at radius 3 is 1.12 bits per heavy atom. The Hall–Kier alpha value is -12.5. The Balaban J connectivity index is 0.724. The van der Waals surface area contributed by atoms with E-state index in [1.165, 1.54) is 6.92 Å². The summed E-state index contributed by atoms with van der Waals surface area (Å²) in [5.41, 5.74) is -4.82. The monoisotopic (exact) mass is 1630 g/mol. The lowest BCUT2D eigenvalue weighted by molar-refractivity contribution is -0.288. The van der Waals surface area contributed by atoms with Crippen molar-refractivity contribution in [3.05, 3.63) is 310 Å². The second-order valence-corrected chi connectivity index (χ2v) is 41.7. The molecule has 5 aliphatic rings. The fourth-order valence-electron chi connectivity index (χ4n) is 16.5. The van der Waals surface area contributed by atoms with Gasteiger partial charge in [0.15, 0.2) is 0 Å². The molecule has 8 amide bonds. The highest BCUT2D eigenvalue weighted by atomic mass is 28.3. The van der Waals surface area contributed by atoms with E-state index >= 15 is 57.5 Å². The van der Waals surface area contributed by atoms with Crippen molar-refractivity contribution in [1.82, 2.24) is 4.90 Å². The number of carbonyl (C=O) groups excluding carboxylic acids is 8. The van der Waals surface area contributed by atoms with E-state index in [2.05, 4.69) is 105 Å². The summed E-state index contributed by atoms with van der Waals surface area (Å²) in [6.45, 7) is 20.8. The van der Waals surface area contributed by atoms with E-state index in [9.17, 15) is 33.6 Å². The average molecular weight is 1630 g/mol. The van der Waals surface area contributed by atoms with Gasteiger partial charge in [-0.25, -0.2) is 14.7 Å². The Kier molecular flexibility index (Phi) is 18.2. The van der Waals surface area contributed by atoms with Crippen molar-refractivity contribution in [1.29, 1.82) is 0 Å². The average Bonchev–Trinajstić information content (AvgIpc) is 1.52. The lowest BCUT2D eigenvalue weighted by Crippen LogP contribution is -2.55. The normalized spacial score (nSPS) is 15.8. The number of hydrogen-bond acceptors (Lipinski definition) is 8. The predicted molar refractivity (Wildman–Crippen MR) is 421 cm³/mol. The summed E-state index contributed by atoms with van der Waals surface area (Å²) in [7, 11) is -2.77. The van der Waals surface area contributed by atoms with Gasteiger partial charge in [-0.2, -0.15) is 52.7 Å². The van der Waals surface area contributed by atoms with E-state index in [0.717, 1.165) is 141 Å². The summed E-state index contributed by atoms with van der Waals surface area (Å²) >= 11 is 0. The third kappa shape index (κ3) is 12.3. The first-order valence-corrected chi connectivity index (χ1v) is 43.7. The zero-order valence-corrected chi connectivity index (χ0v) is 66.4. The number of anilines is 3. The highest BCUT2D eigenvalue weighted by Gasteiger charge is 2.73. The molecule has 0 fully saturated rings. The Bertz CT molecular complexity index is 6240. The number of halogens is 12. The Labute approximate surface area is 664 Å². The fraction of sp³-hybridized carbons (Fsp3) is 0.209. The van der Waals surface area contributed by atoms with Crippen molar-refractivity contribution < 1.29 is 91.0 Å². The maximum absolute atomic E-state index is 16.2. The minimum atomic E-state index is -6.27. The summed E-state index contributed by atoms with van der Waals surface area (Å²) < 4.78 is 188. The number of amides is 8. The molecule has 117 heavy (non-hydrogen) atoms. The molecule has 10 aromatic carbocycles. The van der Waals surface area contributed by atoms with Crippen molar-refractivity contribution in [2.24, 2.45) is 0 Å². The molecule has 0 radical (unpaired) electrons. The molecule has 0 saturated carbocycles. The van der Waals surface area contributed by atoms with Crippen LogP contribution in [0.3, 0.4) is 0 Å². The van der Waals surface area contributed by atoms with Crippen LogP contribution in [-0.4, -0.2) is 93.9 Å². The van der Waals surface area contributed by atoms with Gasteiger partial charge in [-0.1, -0.05) is 130 Å². The molecule has 0 bridgehead atoms. The number of imide groups is 4. The van der Waals surface area contributed by atoms with Gasteiger partial charge in [0.1, 0.15) is 21.6 Å². The van der Waals surface area contributed by atoms with Crippen LogP contribution in [0.2, 0.25) is 39.3 Å². The molecule has 0 spiro atoms. The van der Waals surface area contributed by atoms with Crippen LogP contribution in [0.4, 0.5) is 69.7 Å². The van der Waals surface area contributed by atoms with Crippen molar-refractivity contribution in [3.63, 3.8) is 0 Å².